The molecule has 1 aliphatic heterocycles. The normalized spacial score (nSPS) is 12.9. The van der Waals surface area contributed by atoms with Crippen LogP contribution in [0.2, 0.25) is 0 Å². The molecule has 8 heteroatoms. The summed E-state index contributed by atoms with van der Waals surface area (Å²) in [6, 6.07) is 10.5. The van der Waals surface area contributed by atoms with E-state index < -0.39 is 29.2 Å². The van der Waals surface area contributed by atoms with Crippen LogP contribution in [-0.4, -0.2) is 34.1 Å². The first-order valence-electron chi connectivity index (χ1n) is 7.38. The minimum Gasteiger partial charge on any atom is -0.325 e. The average molecular weight is 339 g/mol. The summed E-state index contributed by atoms with van der Waals surface area (Å²) in [6.07, 6.45) is 0. The number of benzene rings is 2. The summed E-state index contributed by atoms with van der Waals surface area (Å²) in [5.74, 6) is -1.90. The van der Waals surface area contributed by atoms with Crippen LogP contribution in [-0.2, 0) is 4.79 Å². The lowest BCUT2D eigenvalue weighted by atomic mass is 10.1. The van der Waals surface area contributed by atoms with Gasteiger partial charge in [0.2, 0.25) is 5.91 Å². The third-order valence-corrected chi connectivity index (χ3v) is 3.77. The van der Waals surface area contributed by atoms with E-state index >= 15 is 0 Å². The van der Waals surface area contributed by atoms with Crippen molar-refractivity contribution in [2.45, 2.75) is 6.92 Å². The lowest BCUT2D eigenvalue weighted by Crippen LogP contribution is -2.37. The van der Waals surface area contributed by atoms with Gasteiger partial charge in [-0.05, 0) is 30.7 Å². The van der Waals surface area contributed by atoms with Gasteiger partial charge in [0, 0.05) is 17.8 Å². The Labute approximate surface area is 142 Å². The molecule has 0 saturated heterocycles. The molecule has 2 aromatic carbocycles. The number of carbonyl (C=O) groups excluding carboxylic acids is 3. The highest BCUT2D eigenvalue weighted by molar-refractivity contribution is 6.23. The van der Waals surface area contributed by atoms with Crippen molar-refractivity contribution < 1.29 is 19.3 Å². The third kappa shape index (κ3) is 3.09. The minimum absolute atomic E-state index is 0.0546. The van der Waals surface area contributed by atoms with Crippen LogP contribution in [0.5, 0.6) is 0 Å². The zero-order valence-electron chi connectivity index (χ0n) is 13.2. The summed E-state index contributed by atoms with van der Waals surface area (Å²) >= 11 is 0. The van der Waals surface area contributed by atoms with Crippen LogP contribution in [0.1, 0.15) is 26.3 Å². The molecule has 8 nitrogen and oxygen atoms in total. The van der Waals surface area contributed by atoms with Crippen molar-refractivity contribution >= 4 is 29.1 Å². The predicted molar refractivity (Wildman–Crippen MR) is 88.3 cm³/mol. The molecular formula is C17H13N3O5. The van der Waals surface area contributed by atoms with Crippen molar-refractivity contribution in [1.29, 1.82) is 0 Å². The molecule has 0 unspecified atom stereocenters. The fourth-order valence-electron chi connectivity index (χ4n) is 2.60. The molecule has 3 rings (SSSR count). The van der Waals surface area contributed by atoms with Crippen molar-refractivity contribution in [1.82, 2.24) is 4.90 Å². The van der Waals surface area contributed by atoms with Crippen LogP contribution in [0.3, 0.4) is 0 Å². The van der Waals surface area contributed by atoms with Gasteiger partial charge in [0.1, 0.15) is 6.54 Å². The Kier molecular flexibility index (Phi) is 4.02. The molecule has 25 heavy (non-hydrogen) atoms. The van der Waals surface area contributed by atoms with Crippen LogP contribution in [0.4, 0.5) is 11.4 Å². The summed E-state index contributed by atoms with van der Waals surface area (Å²) in [5, 5.41) is 13.4. The maximum atomic E-state index is 12.3. The minimum atomic E-state index is -0.719. The van der Waals surface area contributed by atoms with Gasteiger partial charge < -0.3 is 5.32 Å². The van der Waals surface area contributed by atoms with Crippen molar-refractivity contribution in [3.8, 4) is 0 Å². The molecule has 2 aromatic rings. The smallest absolute Gasteiger partial charge is 0.270 e. The SMILES string of the molecule is Cc1cccc(NC(=O)CN2C(=O)c3ccc([N+](=O)[O-])cc3C2=O)c1. The lowest BCUT2D eigenvalue weighted by molar-refractivity contribution is -0.384. The highest BCUT2D eigenvalue weighted by Crippen LogP contribution is 2.26. The van der Waals surface area contributed by atoms with E-state index in [2.05, 4.69) is 5.32 Å². The monoisotopic (exact) mass is 339 g/mol. The first kappa shape index (κ1) is 16.3. The number of hydrogen-bond acceptors (Lipinski definition) is 5. The van der Waals surface area contributed by atoms with Crippen molar-refractivity contribution in [2.75, 3.05) is 11.9 Å². The number of aryl methyl sites for hydroxylation is 1. The molecule has 1 N–H and O–H groups in total. The van der Waals surface area contributed by atoms with Gasteiger partial charge >= 0.3 is 0 Å². The van der Waals surface area contributed by atoms with Gasteiger partial charge in [-0.15, -0.1) is 0 Å². The van der Waals surface area contributed by atoms with E-state index in [9.17, 15) is 24.5 Å². The topological polar surface area (TPSA) is 110 Å². The number of hydrogen-bond donors (Lipinski definition) is 1. The lowest BCUT2D eigenvalue weighted by Gasteiger charge is -2.13. The van der Waals surface area contributed by atoms with E-state index in [1.807, 2.05) is 13.0 Å². The number of nitrogens with one attached hydrogen (secondary N) is 1. The molecule has 1 aliphatic rings. The van der Waals surface area contributed by atoms with Crippen molar-refractivity contribution in [3.05, 3.63) is 69.3 Å². The van der Waals surface area contributed by atoms with Crippen LogP contribution < -0.4 is 5.32 Å². The first-order valence-corrected chi connectivity index (χ1v) is 7.38. The number of amides is 3. The standard InChI is InChI=1S/C17H13N3O5/c1-10-3-2-4-11(7-10)18-15(21)9-19-16(22)13-6-5-12(20(24)25)8-14(13)17(19)23/h2-8H,9H2,1H3,(H,18,21). The summed E-state index contributed by atoms with van der Waals surface area (Å²) in [4.78, 5) is 47.7. The number of carbonyl (C=O) groups is 3. The van der Waals surface area contributed by atoms with Gasteiger partial charge in [0.05, 0.1) is 16.1 Å². The molecule has 1 heterocycles. The number of anilines is 1. The van der Waals surface area contributed by atoms with E-state index in [-0.39, 0.29) is 16.8 Å². The molecule has 126 valence electrons. The quantitative estimate of drug-likeness (QED) is 0.521. The second kappa shape index (κ2) is 6.16. The number of nitrogens with zero attached hydrogens (tertiary/aromatic N) is 2. The van der Waals surface area contributed by atoms with E-state index in [1.54, 1.807) is 18.2 Å². The number of nitro benzene ring substituents is 1. The Balaban J connectivity index is 1.77. The summed E-state index contributed by atoms with van der Waals surface area (Å²) in [6.45, 7) is 1.40. The number of fused-ring (bicyclic) bond motifs is 1. The maximum Gasteiger partial charge on any atom is 0.270 e. The van der Waals surface area contributed by atoms with Gasteiger partial charge in [-0.3, -0.25) is 29.4 Å². The van der Waals surface area contributed by atoms with Crippen LogP contribution in [0.25, 0.3) is 0 Å². The largest absolute Gasteiger partial charge is 0.325 e. The Bertz CT molecular complexity index is 922. The highest BCUT2D eigenvalue weighted by Gasteiger charge is 2.37. The zero-order chi connectivity index (χ0) is 18.1. The summed E-state index contributed by atoms with van der Waals surface area (Å²) in [5.41, 5.74) is 1.20. The molecule has 0 aromatic heterocycles. The van der Waals surface area contributed by atoms with Crippen molar-refractivity contribution in [2.24, 2.45) is 0 Å². The fraction of sp³-hybridized carbons (Fsp3) is 0.118. The van der Waals surface area contributed by atoms with Crippen LogP contribution in [0.15, 0.2) is 42.5 Å². The van der Waals surface area contributed by atoms with Crippen molar-refractivity contribution in [3.63, 3.8) is 0 Å². The van der Waals surface area contributed by atoms with E-state index in [4.69, 9.17) is 0 Å². The number of nitro groups is 1. The van der Waals surface area contributed by atoms with Gasteiger partial charge in [-0.25, -0.2) is 0 Å². The zero-order valence-corrected chi connectivity index (χ0v) is 13.2. The second-order valence-electron chi connectivity index (χ2n) is 5.60. The summed E-state index contributed by atoms with van der Waals surface area (Å²) < 4.78 is 0. The molecule has 0 spiro atoms. The first-order chi connectivity index (χ1) is 11.9. The Morgan fingerprint density at radius 3 is 2.52 bits per heavy atom. The third-order valence-electron chi connectivity index (χ3n) is 3.77. The Morgan fingerprint density at radius 2 is 1.84 bits per heavy atom. The molecule has 3 amide bonds. The summed E-state index contributed by atoms with van der Waals surface area (Å²) in [7, 11) is 0. The highest BCUT2D eigenvalue weighted by atomic mass is 16.6. The molecule has 0 bridgehead atoms. The predicted octanol–water partition coefficient (Wildman–Crippen LogP) is 2.14. The molecule has 0 fully saturated rings. The van der Waals surface area contributed by atoms with Gasteiger partial charge in [0.25, 0.3) is 17.5 Å². The average Bonchev–Trinajstić information content (AvgIpc) is 2.79. The molecule has 0 saturated carbocycles. The fourth-order valence-corrected chi connectivity index (χ4v) is 2.60. The van der Waals surface area contributed by atoms with E-state index in [1.165, 1.54) is 6.07 Å². The number of non-ortho nitro benzene ring substituents is 1. The van der Waals surface area contributed by atoms with Gasteiger partial charge in [-0.1, -0.05) is 12.1 Å². The second-order valence-corrected chi connectivity index (χ2v) is 5.60. The van der Waals surface area contributed by atoms with E-state index in [0.29, 0.717) is 5.69 Å². The molecule has 0 aliphatic carbocycles. The Morgan fingerprint density at radius 1 is 1.12 bits per heavy atom. The molecule has 0 atom stereocenters. The van der Waals surface area contributed by atoms with Gasteiger partial charge in [0.15, 0.2) is 0 Å². The maximum absolute atomic E-state index is 12.3. The van der Waals surface area contributed by atoms with Gasteiger partial charge in [-0.2, -0.15) is 0 Å². The van der Waals surface area contributed by atoms with Crippen LogP contribution >= 0.6 is 0 Å². The van der Waals surface area contributed by atoms with Crippen LogP contribution in [0, 0.1) is 17.0 Å². The number of rotatable bonds is 4. The molecular weight excluding hydrogens is 326 g/mol. The van der Waals surface area contributed by atoms with E-state index in [0.717, 1.165) is 22.6 Å². The number of imide groups is 1. The Hall–Kier alpha value is -3.55. The molecule has 0 radical (unpaired) electrons.